The number of thioether (sulfide) groups is 1. The van der Waals surface area contributed by atoms with Gasteiger partial charge in [-0.15, -0.1) is 11.8 Å². The van der Waals surface area contributed by atoms with Crippen molar-refractivity contribution in [2.45, 2.75) is 24.6 Å². The van der Waals surface area contributed by atoms with E-state index in [0.29, 0.717) is 24.4 Å². The van der Waals surface area contributed by atoms with E-state index in [9.17, 15) is 14.0 Å². The topological polar surface area (TPSA) is 40.6 Å². The number of amides is 2. The minimum Gasteiger partial charge on any atom is -0.315 e. The van der Waals surface area contributed by atoms with Crippen LogP contribution in [0.2, 0.25) is 0 Å². The van der Waals surface area contributed by atoms with Crippen LogP contribution < -0.4 is 4.90 Å². The van der Waals surface area contributed by atoms with Gasteiger partial charge in [0.05, 0.1) is 5.69 Å². The molecule has 1 saturated heterocycles. The van der Waals surface area contributed by atoms with Crippen LogP contribution in [-0.2, 0) is 14.5 Å². The van der Waals surface area contributed by atoms with E-state index in [1.54, 1.807) is 15.9 Å². The van der Waals surface area contributed by atoms with Gasteiger partial charge in [0.1, 0.15) is 5.82 Å². The van der Waals surface area contributed by atoms with Crippen molar-refractivity contribution >= 4 is 29.3 Å². The molecule has 6 heteroatoms. The molecule has 2 amide bonds. The molecule has 116 valence electrons. The van der Waals surface area contributed by atoms with E-state index in [-0.39, 0.29) is 23.5 Å². The molecule has 2 aliphatic heterocycles. The Labute approximate surface area is 132 Å². The summed E-state index contributed by atoms with van der Waals surface area (Å²) < 4.78 is 13.8. The van der Waals surface area contributed by atoms with E-state index >= 15 is 0 Å². The molecule has 2 fully saturated rings. The van der Waals surface area contributed by atoms with Gasteiger partial charge in [-0.25, -0.2) is 4.39 Å². The summed E-state index contributed by atoms with van der Waals surface area (Å²) in [6.45, 7) is 2.97. The molecule has 1 saturated carbocycles. The standard InChI is InChI=1S/C16H17FN2O2S/c1-2-18-13-6-5-11(17)9-12(13)16(15(18)21)19(7-8-22-16)14(20)10-3-4-10/h5-6,9-10H,2-4,7-8H2,1H3. The molecule has 1 unspecified atom stereocenters. The number of likely N-dealkylation sites (N-methyl/N-ethyl adjacent to an activating group) is 1. The largest absolute Gasteiger partial charge is 0.315 e. The van der Waals surface area contributed by atoms with Crippen molar-refractivity contribution in [2.24, 2.45) is 5.92 Å². The zero-order valence-corrected chi connectivity index (χ0v) is 13.2. The normalized spacial score (nSPS) is 26.9. The second kappa shape index (κ2) is 4.72. The van der Waals surface area contributed by atoms with Gasteiger partial charge >= 0.3 is 0 Å². The average molecular weight is 320 g/mol. The predicted molar refractivity (Wildman–Crippen MR) is 83.0 cm³/mol. The molecule has 22 heavy (non-hydrogen) atoms. The fraction of sp³-hybridized carbons (Fsp3) is 0.500. The Morgan fingerprint density at radius 3 is 2.91 bits per heavy atom. The van der Waals surface area contributed by atoms with E-state index < -0.39 is 4.87 Å². The van der Waals surface area contributed by atoms with Gasteiger partial charge in [-0.2, -0.15) is 0 Å². The molecule has 1 spiro atoms. The van der Waals surface area contributed by atoms with Crippen LogP contribution in [0.15, 0.2) is 18.2 Å². The van der Waals surface area contributed by atoms with Gasteiger partial charge in [0.15, 0.2) is 4.87 Å². The van der Waals surface area contributed by atoms with Crippen molar-refractivity contribution < 1.29 is 14.0 Å². The van der Waals surface area contributed by atoms with E-state index in [0.717, 1.165) is 18.5 Å². The molecule has 2 heterocycles. The number of carbonyl (C=O) groups is 2. The Morgan fingerprint density at radius 1 is 1.45 bits per heavy atom. The van der Waals surface area contributed by atoms with Crippen LogP contribution in [-0.4, -0.2) is 35.6 Å². The number of nitrogens with zero attached hydrogens (tertiary/aromatic N) is 2. The predicted octanol–water partition coefficient (Wildman–Crippen LogP) is 2.33. The van der Waals surface area contributed by atoms with Crippen molar-refractivity contribution in [3.8, 4) is 0 Å². The van der Waals surface area contributed by atoms with Crippen molar-refractivity contribution in [3.63, 3.8) is 0 Å². The first kappa shape index (κ1) is 14.1. The monoisotopic (exact) mass is 320 g/mol. The lowest BCUT2D eigenvalue weighted by molar-refractivity contribution is -0.141. The van der Waals surface area contributed by atoms with Gasteiger partial charge in [-0.1, -0.05) is 0 Å². The molecule has 0 N–H and O–H groups in total. The third-order valence-corrected chi connectivity index (χ3v) is 6.08. The molecular weight excluding hydrogens is 303 g/mol. The van der Waals surface area contributed by atoms with Crippen molar-refractivity contribution in [2.75, 3.05) is 23.7 Å². The molecule has 0 radical (unpaired) electrons. The highest BCUT2D eigenvalue weighted by Crippen LogP contribution is 2.55. The molecule has 1 aromatic carbocycles. The smallest absolute Gasteiger partial charge is 0.268 e. The third kappa shape index (κ3) is 1.70. The van der Waals surface area contributed by atoms with Crippen LogP contribution in [0.1, 0.15) is 25.3 Å². The fourth-order valence-electron chi connectivity index (χ4n) is 3.47. The number of fused-ring (bicyclic) bond motifs is 2. The van der Waals surface area contributed by atoms with Gasteiger partial charge in [0, 0.05) is 30.3 Å². The van der Waals surface area contributed by atoms with Crippen LogP contribution in [0.3, 0.4) is 0 Å². The third-order valence-electron chi connectivity index (χ3n) is 4.66. The lowest BCUT2D eigenvalue weighted by Gasteiger charge is -2.33. The number of benzene rings is 1. The number of carbonyl (C=O) groups excluding carboxylic acids is 2. The second-order valence-electron chi connectivity index (χ2n) is 5.97. The molecule has 3 aliphatic rings. The van der Waals surface area contributed by atoms with Crippen LogP contribution in [0.5, 0.6) is 0 Å². The molecule has 0 aromatic heterocycles. The van der Waals surface area contributed by atoms with Crippen LogP contribution in [0, 0.1) is 11.7 Å². The number of rotatable bonds is 2. The van der Waals surface area contributed by atoms with Gasteiger partial charge in [0.2, 0.25) is 5.91 Å². The molecular formula is C16H17FN2O2S. The van der Waals surface area contributed by atoms with Crippen molar-refractivity contribution in [3.05, 3.63) is 29.6 Å². The lowest BCUT2D eigenvalue weighted by Crippen LogP contribution is -2.50. The van der Waals surface area contributed by atoms with Crippen molar-refractivity contribution in [1.29, 1.82) is 0 Å². The quantitative estimate of drug-likeness (QED) is 0.840. The van der Waals surface area contributed by atoms with Gasteiger partial charge in [0.25, 0.3) is 5.91 Å². The van der Waals surface area contributed by atoms with Gasteiger partial charge in [-0.05, 0) is 38.0 Å². The van der Waals surface area contributed by atoms with E-state index in [2.05, 4.69) is 0 Å². The minimum absolute atomic E-state index is 0.0477. The highest BCUT2D eigenvalue weighted by atomic mass is 32.2. The number of anilines is 1. The molecule has 4 rings (SSSR count). The summed E-state index contributed by atoms with van der Waals surface area (Å²) in [5, 5.41) is 0. The number of hydrogen-bond donors (Lipinski definition) is 0. The van der Waals surface area contributed by atoms with Gasteiger partial charge < -0.3 is 9.80 Å². The van der Waals surface area contributed by atoms with Crippen LogP contribution in [0.4, 0.5) is 10.1 Å². The summed E-state index contributed by atoms with van der Waals surface area (Å²) in [7, 11) is 0. The Balaban J connectivity index is 1.88. The summed E-state index contributed by atoms with van der Waals surface area (Å²) >= 11 is 1.46. The number of hydrogen-bond acceptors (Lipinski definition) is 3. The maximum Gasteiger partial charge on any atom is 0.268 e. The highest BCUT2D eigenvalue weighted by Gasteiger charge is 2.60. The highest BCUT2D eigenvalue weighted by molar-refractivity contribution is 8.01. The SMILES string of the molecule is CCN1C(=O)C2(SCCN2C(=O)C2CC2)c2cc(F)ccc21. The maximum atomic E-state index is 13.8. The van der Waals surface area contributed by atoms with Crippen LogP contribution >= 0.6 is 11.8 Å². The first-order valence-electron chi connectivity index (χ1n) is 7.67. The van der Waals surface area contributed by atoms with Crippen molar-refractivity contribution in [1.82, 2.24) is 4.90 Å². The zero-order chi connectivity index (χ0) is 15.5. The van der Waals surface area contributed by atoms with Gasteiger partial charge in [-0.3, -0.25) is 9.59 Å². The summed E-state index contributed by atoms with van der Waals surface area (Å²) in [4.78, 5) is 28.0. The molecule has 0 bridgehead atoms. The molecule has 1 aliphatic carbocycles. The van der Waals surface area contributed by atoms with E-state index in [1.165, 1.54) is 23.9 Å². The maximum absolute atomic E-state index is 13.8. The van der Waals surface area contributed by atoms with Crippen LogP contribution in [0.25, 0.3) is 0 Å². The number of halogens is 1. The summed E-state index contributed by atoms with van der Waals surface area (Å²) in [6, 6.07) is 4.45. The van der Waals surface area contributed by atoms with E-state index in [1.807, 2.05) is 6.92 Å². The minimum atomic E-state index is -1.05. The van der Waals surface area contributed by atoms with E-state index in [4.69, 9.17) is 0 Å². The average Bonchev–Trinajstić information content (AvgIpc) is 3.22. The molecule has 1 aromatic rings. The first-order chi connectivity index (χ1) is 10.6. The Kier molecular flexibility index (Phi) is 3.01. The summed E-state index contributed by atoms with van der Waals surface area (Å²) in [5.41, 5.74) is 1.37. The summed E-state index contributed by atoms with van der Waals surface area (Å²) in [5.74, 6) is 0.336. The Morgan fingerprint density at radius 2 is 2.23 bits per heavy atom. The summed E-state index contributed by atoms with van der Waals surface area (Å²) in [6.07, 6.45) is 1.80. The Hall–Kier alpha value is -1.56. The second-order valence-corrected chi connectivity index (χ2v) is 7.26. The fourth-order valence-corrected chi connectivity index (χ4v) is 4.93. The molecule has 1 atom stereocenters. The lowest BCUT2D eigenvalue weighted by atomic mass is 10.0. The Bertz CT molecular complexity index is 676. The zero-order valence-electron chi connectivity index (χ0n) is 12.3. The molecule has 4 nitrogen and oxygen atoms in total. The first-order valence-corrected chi connectivity index (χ1v) is 8.65.